The van der Waals surface area contributed by atoms with Crippen molar-refractivity contribution in [3.05, 3.63) is 95.3 Å². The highest BCUT2D eigenvalue weighted by molar-refractivity contribution is 5.82. The second-order valence-electron chi connectivity index (χ2n) is 9.50. The summed E-state index contributed by atoms with van der Waals surface area (Å²) in [5, 5.41) is 3.03. The first-order valence-corrected chi connectivity index (χ1v) is 12.3. The molecule has 188 valence electrons. The molecule has 36 heavy (non-hydrogen) atoms. The molecule has 1 aromatic heterocycles. The van der Waals surface area contributed by atoms with Crippen LogP contribution in [0.1, 0.15) is 22.4 Å². The molecule has 2 aliphatic heterocycles. The number of piperazine rings is 1. The molecule has 1 fully saturated rings. The third-order valence-corrected chi connectivity index (χ3v) is 7.12. The average molecular weight is 495 g/mol. The van der Waals surface area contributed by atoms with Gasteiger partial charge in [-0.3, -0.25) is 14.7 Å². The van der Waals surface area contributed by atoms with E-state index in [2.05, 4.69) is 32.2 Å². The van der Waals surface area contributed by atoms with Crippen molar-refractivity contribution in [1.29, 1.82) is 0 Å². The molecular formula is C28H29F3N4O. The van der Waals surface area contributed by atoms with Crippen LogP contribution in [0, 0.1) is 5.92 Å². The molecule has 5 rings (SSSR count). The minimum atomic E-state index is -4.42. The van der Waals surface area contributed by atoms with E-state index in [0.717, 1.165) is 30.5 Å². The molecule has 1 N–H and O–H groups in total. The third-order valence-electron chi connectivity index (χ3n) is 7.12. The number of pyridine rings is 1. The van der Waals surface area contributed by atoms with Crippen molar-refractivity contribution in [2.45, 2.75) is 31.6 Å². The fraction of sp³-hybridized carbons (Fsp3) is 0.357. The van der Waals surface area contributed by atoms with E-state index >= 15 is 0 Å². The number of nitrogens with one attached hydrogen (secondary N) is 1. The van der Waals surface area contributed by atoms with E-state index in [4.69, 9.17) is 0 Å². The predicted octanol–water partition coefficient (Wildman–Crippen LogP) is 4.32. The largest absolute Gasteiger partial charge is 0.416 e. The lowest BCUT2D eigenvalue weighted by Crippen LogP contribution is -2.61. The SMILES string of the molecule is O=C(NCCc1ccccn1)[C@H]1Cc2cc(C(F)(F)F)ccc2N2CCN(Cc3ccccc3)C[C@@H]12. The maximum absolute atomic E-state index is 13.4. The number of hydrogen-bond acceptors (Lipinski definition) is 4. The maximum Gasteiger partial charge on any atom is 0.416 e. The molecule has 0 radical (unpaired) electrons. The van der Waals surface area contributed by atoms with Crippen molar-refractivity contribution in [3.8, 4) is 0 Å². The summed E-state index contributed by atoms with van der Waals surface area (Å²) in [6, 6.07) is 19.7. The Hall–Kier alpha value is -3.39. The van der Waals surface area contributed by atoms with Crippen LogP contribution in [0.2, 0.25) is 0 Å². The zero-order valence-electron chi connectivity index (χ0n) is 19.9. The van der Waals surface area contributed by atoms with Crippen LogP contribution in [0.15, 0.2) is 72.9 Å². The number of amides is 1. The third kappa shape index (κ3) is 5.38. The lowest BCUT2D eigenvalue weighted by molar-refractivity contribution is -0.137. The van der Waals surface area contributed by atoms with Gasteiger partial charge in [0.1, 0.15) is 0 Å². The second kappa shape index (κ2) is 10.3. The molecule has 2 atom stereocenters. The van der Waals surface area contributed by atoms with Gasteiger partial charge in [-0.05, 0) is 47.9 Å². The Morgan fingerprint density at radius 2 is 1.83 bits per heavy atom. The van der Waals surface area contributed by atoms with Gasteiger partial charge in [-0.2, -0.15) is 13.2 Å². The van der Waals surface area contributed by atoms with Gasteiger partial charge in [0.15, 0.2) is 0 Å². The molecular weight excluding hydrogens is 465 g/mol. The van der Waals surface area contributed by atoms with Crippen molar-refractivity contribution in [2.75, 3.05) is 31.1 Å². The Balaban J connectivity index is 1.36. The maximum atomic E-state index is 13.4. The Bertz CT molecular complexity index is 1190. The molecule has 8 heteroatoms. The summed E-state index contributed by atoms with van der Waals surface area (Å²) < 4.78 is 40.3. The number of halogens is 3. The molecule has 5 nitrogen and oxygen atoms in total. The standard InChI is InChI=1S/C28H29F3N4O/c29-28(30,31)22-9-10-25-21(16-22)17-24(27(36)33-13-11-23-8-4-5-12-32-23)26-19-34(14-15-35(25)26)18-20-6-2-1-3-7-20/h1-10,12,16,24,26H,11,13-15,17-19H2,(H,33,36)/t24-,26-/m0/s1. The first-order valence-electron chi connectivity index (χ1n) is 12.3. The highest BCUT2D eigenvalue weighted by atomic mass is 19.4. The van der Waals surface area contributed by atoms with E-state index in [1.807, 2.05) is 36.4 Å². The Labute approximate surface area is 208 Å². The zero-order valence-corrected chi connectivity index (χ0v) is 19.9. The monoisotopic (exact) mass is 494 g/mol. The Morgan fingerprint density at radius 3 is 2.58 bits per heavy atom. The summed E-state index contributed by atoms with van der Waals surface area (Å²) in [5.41, 5.74) is 2.81. The van der Waals surface area contributed by atoms with Crippen molar-refractivity contribution in [3.63, 3.8) is 0 Å². The van der Waals surface area contributed by atoms with Gasteiger partial charge in [-0.15, -0.1) is 0 Å². The van der Waals surface area contributed by atoms with Gasteiger partial charge < -0.3 is 10.2 Å². The first kappa shape index (κ1) is 24.3. The summed E-state index contributed by atoms with van der Waals surface area (Å²) in [7, 11) is 0. The zero-order chi connectivity index (χ0) is 25.1. The molecule has 0 spiro atoms. The van der Waals surface area contributed by atoms with Crippen LogP contribution < -0.4 is 10.2 Å². The molecule has 1 amide bonds. The van der Waals surface area contributed by atoms with Gasteiger partial charge in [0, 0.05) is 56.7 Å². The van der Waals surface area contributed by atoms with E-state index in [-0.39, 0.29) is 18.4 Å². The molecule has 0 aliphatic carbocycles. The van der Waals surface area contributed by atoms with Gasteiger partial charge >= 0.3 is 6.18 Å². The Morgan fingerprint density at radius 1 is 1.03 bits per heavy atom. The van der Waals surface area contributed by atoms with Crippen molar-refractivity contribution < 1.29 is 18.0 Å². The van der Waals surface area contributed by atoms with Gasteiger partial charge in [-0.1, -0.05) is 36.4 Å². The number of alkyl halides is 3. The van der Waals surface area contributed by atoms with E-state index in [0.29, 0.717) is 31.6 Å². The van der Waals surface area contributed by atoms with Crippen molar-refractivity contribution in [1.82, 2.24) is 15.2 Å². The smallest absolute Gasteiger partial charge is 0.365 e. The number of rotatable bonds is 6. The van der Waals surface area contributed by atoms with Gasteiger partial charge in [-0.25, -0.2) is 0 Å². The molecule has 3 heterocycles. The number of anilines is 1. The van der Waals surface area contributed by atoms with E-state index in [1.54, 1.807) is 12.3 Å². The number of aromatic nitrogens is 1. The fourth-order valence-electron chi connectivity index (χ4n) is 5.33. The van der Waals surface area contributed by atoms with Gasteiger partial charge in [0.05, 0.1) is 17.5 Å². The lowest BCUT2D eigenvalue weighted by atomic mass is 9.82. The van der Waals surface area contributed by atoms with Crippen LogP contribution >= 0.6 is 0 Å². The first-order chi connectivity index (χ1) is 17.4. The van der Waals surface area contributed by atoms with Crippen LogP contribution in [0.25, 0.3) is 0 Å². The average Bonchev–Trinajstić information content (AvgIpc) is 2.88. The summed E-state index contributed by atoms with van der Waals surface area (Å²) in [4.78, 5) is 22.2. The van der Waals surface area contributed by atoms with Gasteiger partial charge in [0.2, 0.25) is 5.91 Å². The van der Waals surface area contributed by atoms with Crippen LogP contribution in [0.4, 0.5) is 18.9 Å². The molecule has 0 bridgehead atoms. The van der Waals surface area contributed by atoms with Crippen LogP contribution in [-0.4, -0.2) is 48.0 Å². The lowest BCUT2D eigenvalue weighted by Gasteiger charge is -2.49. The van der Waals surface area contributed by atoms with E-state index < -0.39 is 17.7 Å². The molecule has 0 unspecified atom stereocenters. The minimum absolute atomic E-state index is 0.110. The number of fused-ring (bicyclic) bond motifs is 3. The predicted molar refractivity (Wildman–Crippen MR) is 132 cm³/mol. The van der Waals surface area contributed by atoms with Crippen molar-refractivity contribution in [2.24, 2.45) is 5.92 Å². The second-order valence-corrected chi connectivity index (χ2v) is 9.50. The van der Waals surface area contributed by atoms with Crippen LogP contribution in [-0.2, 0) is 30.4 Å². The summed E-state index contributed by atoms with van der Waals surface area (Å²) in [6.07, 6.45) is -1.81. The number of benzene rings is 2. The quantitative estimate of drug-likeness (QED) is 0.555. The Kier molecular flexibility index (Phi) is 6.96. The highest BCUT2D eigenvalue weighted by Gasteiger charge is 2.42. The normalized spacial score (nSPS) is 19.9. The highest BCUT2D eigenvalue weighted by Crippen LogP contribution is 2.39. The summed E-state index contributed by atoms with van der Waals surface area (Å²) in [6.45, 7) is 3.32. The van der Waals surface area contributed by atoms with Crippen LogP contribution in [0.3, 0.4) is 0 Å². The van der Waals surface area contributed by atoms with Gasteiger partial charge in [0.25, 0.3) is 0 Å². The topological polar surface area (TPSA) is 48.5 Å². The van der Waals surface area contributed by atoms with Crippen molar-refractivity contribution >= 4 is 11.6 Å². The number of carbonyl (C=O) groups excluding carboxylic acids is 1. The van der Waals surface area contributed by atoms with E-state index in [9.17, 15) is 18.0 Å². The fourth-order valence-corrected chi connectivity index (χ4v) is 5.33. The minimum Gasteiger partial charge on any atom is -0.365 e. The van der Waals surface area contributed by atoms with E-state index in [1.165, 1.54) is 11.6 Å². The number of nitrogens with zero attached hydrogens (tertiary/aromatic N) is 3. The molecule has 3 aromatic rings. The summed E-state index contributed by atoms with van der Waals surface area (Å²) >= 11 is 0. The molecule has 0 saturated carbocycles. The number of hydrogen-bond donors (Lipinski definition) is 1. The molecule has 2 aromatic carbocycles. The number of carbonyl (C=O) groups is 1. The summed E-state index contributed by atoms with van der Waals surface area (Å²) in [5.74, 6) is -0.561. The molecule has 1 saturated heterocycles. The van der Waals surface area contributed by atoms with Crippen LogP contribution in [0.5, 0.6) is 0 Å². The molecule has 2 aliphatic rings.